The van der Waals surface area contributed by atoms with Crippen LogP contribution in [0.5, 0.6) is 0 Å². The zero-order valence-corrected chi connectivity index (χ0v) is 17.3. The molecule has 1 fully saturated rings. The van der Waals surface area contributed by atoms with Crippen LogP contribution in [0.3, 0.4) is 0 Å². The number of pyridine rings is 1. The predicted molar refractivity (Wildman–Crippen MR) is 121 cm³/mol. The van der Waals surface area contributed by atoms with Crippen LogP contribution in [-0.4, -0.2) is 46.5 Å². The van der Waals surface area contributed by atoms with Gasteiger partial charge in [-0.25, -0.2) is 9.37 Å². The molecule has 4 aromatic rings. The highest BCUT2D eigenvalue weighted by Gasteiger charge is 2.29. The van der Waals surface area contributed by atoms with E-state index >= 15 is 0 Å². The fourth-order valence-electron chi connectivity index (χ4n) is 4.40. The van der Waals surface area contributed by atoms with Crippen molar-refractivity contribution in [1.29, 1.82) is 0 Å². The molecule has 31 heavy (non-hydrogen) atoms. The van der Waals surface area contributed by atoms with Crippen molar-refractivity contribution in [2.45, 2.75) is 0 Å². The lowest BCUT2D eigenvalue weighted by atomic mass is 10.0. The second kappa shape index (κ2) is 7.87. The minimum absolute atomic E-state index is 0.0169. The number of hydrogen-bond donors (Lipinski definition) is 0. The number of halogens is 1. The van der Waals surface area contributed by atoms with Gasteiger partial charge in [0, 0.05) is 44.8 Å². The summed E-state index contributed by atoms with van der Waals surface area (Å²) in [6.45, 7) is 2.67. The number of rotatable bonds is 3. The molecular weight excluding hydrogens is 391 g/mol. The van der Waals surface area contributed by atoms with Gasteiger partial charge in [-0.3, -0.25) is 4.79 Å². The first kappa shape index (κ1) is 19.3. The van der Waals surface area contributed by atoms with Crippen molar-refractivity contribution in [1.82, 2.24) is 14.5 Å². The molecule has 0 saturated carbocycles. The van der Waals surface area contributed by atoms with Crippen LogP contribution < -0.4 is 4.90 Å². The van der Waals surface area contributed by atoms with Crippen molar-refractivity contribution in [2.24, 2.45) is 7.05 Å². The zero-order chi connectivity index (χ0) is 21.4. The van der Waals surface area contributed by atoms with Gasteiger partial charge in [0.1, 0.15) is 11.6 Å². The Morgan fingerprint density at radius 3 is 2.39 bits per heavy atom. The molecule has 6 heteroatoms. The van der Waals surface area contributed by atoms with E-state index in [2.05, 4.69) is 9.88 Å². The Morgan fingerprint density at radius 2 is 1.68 bits per heavy atom. The average Bonchev–Trinajstić information content (AvgIpc) is 3.11. The molecule has 0 unspecified atom stereocenters. The van der Waals surface area contributed by atoms with E-state index in [-0.39, 0.29) is 11.7 Å². The summed E-state index contributed by atoms with van der Waals surface area (Å²) in [4.78, 5) is 22.2. The summed E-state index contributed by atoms with van der Waals surface area (Å²) in [5, 5.41) is 0.778. The van der Waals surface area contributed by atoms with E-state index in [0.29, 0.717) is 24.2 Å². The van der Waals surface area contributed by atoms with E-state index in [1.807, 2.05) is 65.0 Å². The fraction of sp³-hybridized carbons (Fsp3) is 0.200. The van der Waals surface area contributed by atoms with Gasteiger partial charge in [-0.2, -0.15) is 0 Å². The Labute approximate surface area is 180 Å². The van der Waals surface area contributed by atoms with Crippen LogP contribution in [0.1, 0.15) is 10.4 Å². The molecule has 0 bridgehead atoms. The molecule has 5 rings (SSSR count). The number of piperazine rings is 1. The van der Waals surface area contributed by atoms with Gasteiger partial charge in [0.25, 0.3) is 5.91 Å². The Bertz CT molecular complexity index is 1230. The third-order valence-electron chi connectivity index (χ3n) is 5.96. The van der Waals surface area contributed by atoms with Crippen molar-refractivity contribution >= 4 is 22.6 Å². The molecule has 0 spiro atoms. The van der Waals surface area contributed by atoms with E-state index < -0.39 is 0 Å². The Balaban J connectivity index is 1.52. The molecule has 156 valence electrons. The predicted octanol–water partition coefficient (Wildman–Crippen LogP) is 4.34. The van der Waals surface area contributed by atoms with Crippen molar-refractivity contribution in [3.05, 3.63) is 84.3 Å². The number of aryl methyl sites for hydroxylation is 1. The molecule has 0 N–H and O–H groups in total. The minimum atomic E-state index is -0.310. The molecule has 5 nitrogen and oxygen atoms in total. The number of hydrogen-bond acceptors (Lipinski definition) is 3. The lowest BCUT2D eigenvalue weighted by Gasteiger charge is -2.35. The number of amides is 1. The first-order valence-corrected chi connectivity index (χ1v) is 10.4. The van der Waals surface area contributed by atoms with Gasteiger partial charge in [0.05, 0.1) is 16.8 Å². The number of fused-ring (bicyclic) bond motifs is 1. The molecule has 0 aliphatic carbocycles. The third kappa shape index (κ3) is 3.44. The second-order valence-corrected chi connectivity index (χ2v) is 7.78. The number of anilines is 1. The second-order valence-electron chi connectivity index (χ2n) is 7.78. The van der Waals surface area contributed by atoms with Crippen LogP contribution in [-0.2, 0) is 7.05 Å². The van der Waals surface area contributed by atoms with E-state index in [0.717, 1.165) is 35.6 Å². The number of benzene rings is 2. The topological polar surface area (TPSA) is 41.4 Å². The normalized spacial score (nSPS) is 14.3. The van der Waals surface area contributed by atoms with Crippen LogP contribution >= 0.6 is 0 Å². The summed E-state index contributed by atoms with van der Waals surface area (Å²) in [7, 11) is 1.89. The standard InChI is InChI=1S/C25H23FN4O/c1-28-21-17-19(26)10-11-20(21)23(24(28)18-7-3-2-4-8-18)25(31)30-15-13-29(14-16-30)22-9-5-6-12-27-22/h2-12,17H,13-16H2,1H3. The Morgan fingerprint density at radius 1 is 0.935 bits per heavy atom. The van der Waals surface area contributed by atoms with Crippen LogP contribution in [0.2, 0.25) is 0 Å². The molecule has 0 radical (unpaired) electrons. The summed E-state index contributed by atoms with van der Waals surface area (Å²) in [5.41, 5.74) is 3.11. The molecule has 2 aromatic heterocycles. The minimum Gasteiger partial charge on any atom is -0.353 e. The van der Waals surface area contributed by atoms with E-state index in [9.17, 15) is 9.18 Å². The van der Waals surface area contributed by atoms with Crippen LogP contribution in [0.25, 0.3) is 22.2 Å². The van der Waals surface area contributed by atoms with Crippen molar-refractivity contribution in [3.8, 4) is 11.3 Å². The first-order chi connectivity index (χ1) is 15.1. The van der Waals surface area contributed by atoms with Gasteiger partial charge in [-0.1, -0.05) is 36.4 Å². The lowest BCUT2D eigenvalue weighted by Crippen LogP contribution is -2.49. The van der Waals surface area contributed by atoms with Gasteiger partial charge in [0.2, 0.25) is 0 Å². The summed E-state index contributed by atoms with van der Waals surface area (Å²) < 4.78 is 15.9. The van der Waals surface area contributed by atoms with Crippen LogP contribution in [0, 0.1) is 5.82 Å². The van der Waals surface area contributed by atoms with Crippen molar-refractivity contribution in [3.63, 3.8) is 0 Å². The molecule has 1 saturated heterocycles. The molecule has 3 heterocycles. The SMILES string of the molecule is Cn1c(-c2ccccc2)c(C(=O)N2CCN(c3ccccn3)CC2)c2ccc(F)cc21. The largest absolute Gasteiger partial charge is 0.353 e. The van der Waals surface area contributed by atoms with Gasteiger partial charge < -0.3 is 14.4 Å². The Hall–Kier alpha value is -3.67. The first-order valence-electron chi connectivity index (χ1n) is 10.4. The Kier molecular flexibility index (Phi) is 4.90. The van der Waals surface area contributed by atoms with E-state index in [1.165, 1.54) is 12.1 Å². The lowest BCUT2D eigenvalue weighted by molar-refractivity contribution is 0.0749. The molecule has 2 aromatic carbocycles. The van der Waals surface area contributed by atoms with Crippen LogP contribution in [0.15, 0.2) is 72.9 Å². The number of carbonyl (C=O) groups excluding carboxylic acids is 1. The van der Waals surface area contributed by atoms with Gasteiger partial charge in [-0.05, 0) is 35.9 Å². The van der Waals surface area contributed by atoms with Crippen molar-refractivity contribution < 1.29 is 9.18 Å². The summed E-state index contributed by atoms with van der Waals surface area (Å²) in [6.07, 6.45) is 1.79. The number of nitrogens with zero attached hydrogens (tertiary/aromatic N) is 4. The fourth-order valence-corrected chi connectivity index (χ4v) is 4.40. The molecular formula is C25H23FN4O. The number of carbonyl (C=O) groups is 1. The maximum Gasteiger partial charge on any atom is 0.256 e. The highest BCUT2D eigenvalue weighted by Crippen LogP contribution is 2.34. The average molecular weight is 414 g/mol. The molecule has 0 atom stereocenters. The third-order valence-corrected chi connectivity index (χ3v) is 5.96. The molecule has 1 aliphatic heterocycles. The van der Waals surface area contributed by atoms with E-state index in [4.69, 9.17) is 0 Å². The van der Waals surface area contributed by atoms with E-state index in [1.54, 1.807) is 12.3 Å². The summed E-state index contributed by atoms with van der Waals surface area (Å²) in [6, 6.07) is 20.3. The van der Waals surface area contributed by atoms with Gasteiger partial charge in [-0.15, -0.1) is 0 Å². The van der Waals surface area contributed by atoms with Crippen LogP contribution in [0.4, 0.5) is 10.2 Å². The molecule has 1 amide bonds. The summed E-state index contributed by atoms with van der Waals surface area (Å²) >= 11 is 0. The number of aromatic nitrogens is 2. The smallest absolute Gasteiger partial charge is 0.256 e. The highest BCUT2D eigenvalue weighted by atomic mass is 19.1. The maximum atomic E-state index is 14.0. The summed E-state index contributed by atoms with van der Waals surface area (Å²) in [5.74, 6) is 0.604. The quantitative estimate of drug-likeness (QED) is 0.501. The maximum absolute atomic E-state index is 14.0. The molecule has 1 aliphatic rings. The van der Waals surface area contributed by atoms with Gasteiger partial charge in [0.15, 0.2) is 0 Å². The zero-order valence-electron chi connectivity index (χ0n) is 17.3. The van der Waals surface area contributed by atoms with Gasteiger partial charge >= 0.3 is 0 Å². The van der Waals surface area contributed by atoms with Crippen molar-refractivity contribution in [2.75, 3.05) is 31.1 Å². The monoisotopic (exact) mass is 414 g/mol. The highest BCUT2D eigenvalue weighted by molar-refractivity contribution is 6.12.